The number of fused-ring (bicyclic) bond motifs is 1. The van der Waals surface area contributed by atoms with Gasteiger partial charge in [-0.2, -0.15) is 0 Å². The number of hydrogen-bond acceptors (Lipinski definition) is 2. The Bertz CT molecular complexity index is 483. The molecule has 0 aliphatic carbocycles. The Balaban J connectivity index is 2.50. The van der Waals surface area contributed by atoms with Gasteiger partial charge in [-0.3, -0.25) is 4.79 Å². The molecule has 0 saturated carbocycles. The van der Waals surface area contributed by atoms with Gasteiger partial charge >= 0.3 is 5.97 Å². The summed E-state index contributed by atoms with van der Waals surface area (Å²) in [6.45, 7) is 0.989. The highest BCUT2D eigenvalue weighted by Crippen LogP contribution is 2.28. The zero-order valence-corrected chi connectivity index (χ0v) is 9.61. The molecule has 6 heteroatoms. The summed E-state index contributed by atoms with van der Waals surface area (Å²) in [4.78, 5) is 23.5. The van der Waals surface area contributed by atoms with Crippen molar-refractivity contribution in [3.05, 3.63) is 34.9 Å². The summed E-state index contributed by atoms with van der Waals surface area (Å²) in [5, 5.41) is 9.03. The van der Waals surface area contributed by atoms with E-state index in [2.05, 4.69) is 0 Å². The number of aliphatic carboxylic acids is 1. The second-order valence-corrected chi connectivity index (χ2v) is 4.19. The third-order valence-electron chi connectivity index (χ3n) is 3.11. The number of rotatable bonds is 1. The van der Waals surface area contributed by atoms with E-state index in [0.717, 1.165) is 17.0 Å². The molecule has 0 saturated heterocycles. The minimum absolute atomic E-state index is 0.0416. The van der Waals surface area contributed by atoms with Crippen molar-refractivity contribution in [2.75, 3.05) is 0 Å². The van der Waals surface area contributed by atoms with E-state index >= 15 is 0 Å². The van der Waals surface area contributed by atoms with Gasteiger partial charge < -0.3 is 10.0 Å². The summed E-state index contributed by atoms with van der Waals surface area (Å²) in [5.74, 6) is -2.96. The lowest BCUT2D eigenvalue weighted by Gasteiger charge is -2.33. The largest absolute Gasteiger partial charge is 0.480 e. The Kier molecular flexibility index (Phi) is 3.02. The first-order valence-corrected chi connectivity index (χ1v) is 5.37. The molecule has 0 bridgehead atoms. The van der Waals surface area contributed by atoms with Gasteiger partial charge in [0.1, 0.15) is 17.7 Å². The molecule has 18 heavy (non-hydrogen) atoms. The number of nitrogens with zero attached hydrogens (tertiary/aromatic N) is 1. The van der Waals surface area contributed by atoms with Crippen molar-refractivity contribution in [1.29, 1.82) is 0 Å². The van der Waals surface area contributed by atoms with Gasteiger partial charge in [0.05, 0.1) is 0 Å². The summed E-state index contributed by atoms with van der Waals surface area (Å²) in [6, 6.07) is 0.802. The Morgan fingerprint density at radius 2 is 1.83 bits per heavy atom. The van der Waals surface area contributed by atoms with E-state index in [1.807, 2.05) is 0 Å². The second-order valence-electron chi connectivity index (χ2n) is 4.19. The molecule has 0 fully saturated rings. The molecule has 1 unspecified atom stereocenters. The molecule has 0 spiro atoms. The molecule has 96 valence electrons. The molecule has 0 radical (unpaired) electrons. The van der Waals surface area contributed by atoms with Crippen LogP contribution in [0.15, 0.2) is 12.1 Å². The molecule has 1 heterocycles. The highest BCUT2D eigenvalue weighted by atomic mass is 19.1. The number of carbonyl (C=O) groups is 2. The molecule has 1 amide bonds. The van der Waals surface area contributed by atoms with Crippen molar-refractivity contribution in [3.63, 3.8) is 0 Å². The Morgan fingerprint density at radius 3 is 2.33 bits per heavy atom. The molecule has 2 rings (SSSR count). The van der Waals surface area contributed by atoms with E-state index in [1.54, 1.807) is 0 Å². The predicted octanol–water partition coefficient (Wildman–Crippen LogP) is 1.32. The minimum atomic E-state index is -1.22. The summed E-state index contributed by atoms with van der Waals surface area (Å²) in [7, 11) is 0. The summed E-state index contributed by atoms with van der Waals surface area (Å²) >= 11 is 0. The number of carbonyl (C=O) groups excluding carboxylic acids is 1. The van der Waals surface area contributed by atoms with E-state index in [4.69, 9.17) is 5.11 Å². The number of carboxylic acids is 1. The van der Waals surface area contributed by atoms with Crippen LogP contribution in [0.5, 0.6) is 0 Å². The Hall–Kier alpha value is -1.98. The Labute approximate surface area is 102 Å². The number of carboxylic acid groups (broad SMARTS) is 1. The highest BCUT2D eigenvalue weighted by Gasteiger charge is 2.35. The van der Waals surface area contributed by atoms with Crippen LogP contribution in [0.3, 0.4) is 0 Å². The molecule has 1 aromatic rings. The van der Waals surface area contributed by atoms with Crippen LogP contribution in [0, 0.1) is 11.6 Å². The zero-order chi connectivity index (χ0) is 13.4. The van der Waals surface area contributed by atoms with Crippen molar-refractivity contribution >= 4 is 11.9 Å². The van der Waals surface area contributed by atoms with Gasteiger partial charge in [0, 0.05) is 25.5 Å². The summed E-state index contributed by atoms with van der Waals surface area (Å²) < 4.78 is 27.1. The second kappa shape index (κ2) is 4.36. The fraction of sp³-hybridized carbons (Fsp3) is 0.333. The van der Waals surface area contributed by atoms with Crippen LogP contribution in [0.25, 0.3) is 0 Å². The van der Waals surface area contributed by atoms with Gasteiger partial charge in [-0.05, 0) is 17.7 Å². The summed E-state index contributed by atoms with van der Waals surface area (Å²) in [5.41, 5.74) is 0.0996. The minimum Gasteiger partial charge on any atom is -0.480 e. The maximum Gasteiger partial charge on any atom is 0.326 e. The fourth-order valence-electron chi connectivity index (χ4n) is 2.16. The molecule has 4 nitrogen and oxygen atoms in total. The van der Waals surface area contributed by atoms with Gasteiger partial charge in [0.25, 0.3) is 0 Å². The van der Waals surface area contributed by atoms with E-state index in [1.165, 1.54) is 6.92 Å². The van der Waals surface area contributed by atoms with Gasteiger partial charge in [-0.1, -0.05) is 0 Å². The van der Waals surface area contributed by atoms with Crippen LogP contribution in [0.1, 0.15) is 18.1 Å². The van der Waals surface area contributed by atoms with Gasteiger partial charge in [-0.15, -0.1) is 0 Å². The van der Waals surface area contributed by atoms with E-state index in [0.29, 0.717) is 0 Å². The van der Waals surface area contributed by atoms with E-state index in [9.17, 15) is 18.4 Å². The first-order chi connectivity index (χ1) is 8.41. The van der Waals surface area contributed by atoms with Crippen LogP contribution in [0.2, 0.25) is 0 Å². The van der Waals surface area contributed by atoms with Gasteiger partial charge in [0.2, 0.25) is 5.91 Å². The lowest BCUT2D eigenvalue weighted by molar-refractivity contribution is -0.150. The van der Waals surface area contributed by atoms with Crippen LogP contribution < -0.4 is 0 Å². The lowest BCUT2D eigenvalue weighted by atomic mass is 9.93. The normalized spacial score (nSPS) is 18.4. The van der Waals surface area contributed by atoms with Crippen LogP contribution >= 0.6 is 0 Å². The lowest BCUT2D eigenvalue weighted by Crippen LogP contribution is -2.48. The number of hydrogen-bond donors (Lipinski definition) is 1. The molecule has 1 atom stereocenters. The fourth-order valence-corrected chi connectivity index (χ4v) is 2.16. The van der Waals surface area contributed by atoms with Gasteiger partial charge in [0.15, 0.2) is 0 Å². The van der Waals surface area contributed by atoms with Crippen molar-refractivity contribution in [1.82, 2.24) is 4.90 Å². The maximum atomic E-state index is 13.6. The third kappa shape index (κ3) is 1.94. The van der Waals surface area contributed by atoms with Crippen LogP contribution in [0.4, 0.5) is 8.78 Å². The average molecular weight is 255 g/mol. The monoisotopic (exact) mass is 255 g/mol. The molecule has 1 aromatic carbocycles. The maximum absolute atomic E-state index is 13.6. The highest BCUT2D eigenvalue weighted by molar-refractivity contribution is 5.83. The zero-order valence-electron chi connectivity index (χ0n) is 9.61. The summed E-state index contributed by atoms with van der Waals surface area (Å²) in [6.07, 6.45) is -0.214. The first kappa shape index (κ1) is 12.5. The smallest absolute Gasteiger partial charge is 0.326 e. The topological polar surface area (TPSA) is 57.6 Å². The van der Waals surface area contributed by atoms with Crippen molar-refractivity contribution in [3.8, 4) is 0 Å². The first-order valence-electron chi connectivity index (χ1n) is 5.37. The Morgan fingerprint density at radius 1 is 1.28 bits per heavy atom. The van der Waals surface area contributed by atoms with Crippen LogP contribution in [-0.4, -0.2) is 27.9 Å². The average Bonchev–Trinajstić information content (AvgIpc) is 2.32. The van der Waals surface area contributed by atoms with Crippen molar-refractivity contribution in [2.45, 2.75) is 25.9 Å². The third-order valence-corrected chi connectivity index (χ3v) is 3.11. The van der Waals surface area contributed by atoms with E-state index in [-0.39, 0.29) is 24.1 Å². The quantitative estimate of drug-likeness (QED) is 0.823. The van der Waals surface area contributed by atoms with Gasteiger partial charge in [-0.25, -0.2) is 13.6 Å². The molecule has 1 aliphatic rings. The molecular formula is C12H11F2NO3. The molecule has 1 N–H and O–H groups in total. The molecular weight excluding hydrogens is 244 g/mol. The standard InChI is InChI=1S/C12H11F2NO3/c1-6(16)15-5-8-7(4-11(15)12(17)18)9(13)2-3-10(8)14/h2-3,11H,4-5H2,1H3,(H,17,18). The molecule has 1 aliphatic heterocycles. The van der Waals surface area contributed by atoms with E-state index < -0.39 is 29.6 Å². The van der Waals surface area contributed by atoms with Crippen molar-refractivity contribution in [2.24, 2.45) is 0 Å². The number of amides is 1. The predicted molar refractivity (Wildman–Crippen MR) is 57.7 cm³/mol. The van der Waals surface area contributed by atoms with Crippen LogP contribution in [-0.2, 0) is 22.6 Å². The SMILES string of the molecule is CC(=O)N1Cc2c(F)ccc(F)c2CC1C(=O)O. The number of halogens is 2. The molecule has 0 aromatic heterocycles. The number of benzene rings is 1. The van der Waals surface area contributed by atoms with Crippen molar-refractivity contribution < 1.29 is 23.5 Å².